The molecule has 1 amide bonds. The first-order chi connectivity index (χ1) is 13.5. The molecule has 0 bridgehead atoms. The third-order valence-corrected chi connectivity index (χ3v) is 4.02. The standard InChI is InChI=1S/C19H13F2N5O2/c20-12-6-13(21)8-14(7-12)24-17(27)10-25-11-22-18-16(19(25)28)9-23-26(18)15-4-2-1-3-5-15/h1-9,11H,10H2,(H,24,27). The molecule has 7 nitrogen and oxygen atoms in total. The molecular weight excluding hydrogens is 368 g/mol. The van der Waals surface area contributed by atoms with E-state index in [-0.39, 0.29) is 17.6 Å². The number of carbonyl (C=O) groups excluding carboxylic acids is 1. The number of anilines is 1. The molecule has 0 saturated carbocycles. The Morgan fingerprint density at radius 3 is 2.50 bits per heavy atom. The van der Waals surface area contributed by atoms with Gasteiger partial charge in [0.05, 0.1) is 11.9 Å². The van der Waals surface area contributed by atoms with E-state index in [2.05, 4.69) is 15.4 Å². The summed E-state index contributed by atoms with van der Waals surface area (Å²) in [4.78, 5) is 29.0. The summed E-state index contributed by atoms with van der Waals surface area (Å²) < 4.78 is 29.1. The summed E-state index contributed by atoms with van der Waals surface area (Å²) in [6.45, 7) is -0.365. The molecule has 0 fully saturated rings. The van der Waals surface area contributed by atoms with Crippen molar-refractivity contribution in [3.8, 4) is 5.69 Å². The van der Waals surface area contributed by atoms with E-state index in [0.717, 1.165) is 22.4 Å². The molecule has 2 aromatic carbocycles. The lowest BCUT2D eigenvalue weighted by Crippen LogP contribution is -2.27. The Bertz CT molecular complexity index is 1210. The zero-order valence-electron chi connectivity index (χ0n) is 14.3. The van der Waals surface area contributed by atoms with Crippen LogP contribution in [0.3, 0.4) is 0 Å². The predicted octanol–water partition coefficient (Wildman–Crippen LogP) is 2.50. The van der Waals surface area contributed by atoms with Crippen molar-refractivity contribution < 1.29 is 13.6 Å². The average Bonchev–Trinajstić information content (AvgIpc) is 3.09. The highest BCUT2D eigenvalue weighted by Gasteiger charge is 2.13. The van der Waals surface area contributed by atoms with Gasteiger partial charge in [-0.05, 0) is 24.3 Å². The summed E-state index contributed by atoms with van der Waals surface area (Å²) in [6.07, 6.45) is 2.62. The van der Waals surface area contributed by atoms with Crippen molar-refractivity contribution in [1.29, 1.82) is 0 Å². The maximum Gasteiger partial charge on any atom is 0.264 e. The molecule has 2 aromatic heterocycles. The zero-order chi connectivity index (χ0) is 19.7. The molecule has 4 rings (SSSR count). The summed E-state index contributed by atoms with van der Waals surface area (Å²) in [7, 11) is 0. The molecule has 0 aliphatic heterocycles. The summed E-state index contributed by atoms with van der Waals surface area (Å²) in [6, 6.07) is 11.8. The number of halogens is 2. The average molecular weight is 381 g/mol. The van der Waals surface area contributed by atoms with E-state index in [1.54, 1.807) is 0 Å². The minimum Gasteiger partial charge on any atom is -0.324 e. The zero-order valence-corrected chi connectivity index (χ0v) is 14.3. The molecule has 0 saturated heterocycles. The van der Waals surface area contributed by atoms with Crippen LogP contribution in [-0.4, -0.2) is 25.2 Å². The second-order valence-corrected chi connectivity index (χ2v) is 6.01. The van der Waals surface area contributed by atoms with Gasteiger partial charge in [0.25, 0.3) is 5.56 Å². The Morgan fingerprint density at radius 1 is 1.07 bits per heavy atom. The van der Waals surface area contributed by atoms with E-state index in [0.29, 0.717) is 11.7 Å². The molecule has 0 aliphatic rings. The molecule has 0 atom stereocenters. The van der Waals surface area contributed by atoms with Gasteiger partial charge in [-0.3, -0.25) is 14.2 Å². The molecule has 1 N–H and O–H groups in total. The first-order valence-electron chi connectivity index (χ1n) is 8.26. The van der Waals surface area contributed by atoms with Crippen LogP contribution in [0.25, 0.3) is 16.7 Å². The maximum atomic E-state index is 13.2. The number of hydrogen-bond donors (Lipinski definition) is 1. The highest BCUT2D eigenvalue weighted by Crippen LogP contribution is 2.14. The van der Waals surface area contributed by atoms with E-state index in [1.807, 2.05) is 30.3 Å². The Balaban J connectivity index is 1.60. The van der Waals surface area contributed by atoms with Gasteiger partial charge in [-0.2, -0.15) is 5.10 Å². The molecule has 28 heavy (non-hydrogen) atoms. The molecule has 140 valence electrons. The smallest absolute Gasteiger partial charge is 0.264 e. The van der Waals surface area contributed by atoms with Crippen LogP contribution >= 0.6 is 0 Å². The van der Waals surface area contributed by atoms with Crippen LogP contribution in [0.15, 0.2) is 65.8 Å². The van der Waals surface area contributed by atoms with Gasteiger partial charge in [0, 0.05) is 11.8 Å². The van der Waals surface area contributed by atoms with Crippen molar-refractivity contribution >= 4 is 22.6 Å². The fourth-order valence-electron chi connectivity index (χ4n) is 2.80. The van der Waals surface area contributed by atoms with Gasteiger partial charge in [0.1, 0.15) is 29.9 Å². The number of aromatic nitrogens is 4. The highest BCUT2D eigenvalue weighted by molar-refractivity contribution is 5.90. The fourth-order valence-corrected chi connectivity index (χ4v) is 2.80. The second-order valence-electron chi connectivity index (χ2n) is 6.01. The van der Waals surface area contributed by atoms with Gasteiger partial charge in [0.15, 0.2) is 5.65 Å². The molecule has 0 unspecified atom stereocenters. The first-order valence-corrected chi connectivity index (χ1v) is 8.26. The van der Waals surface area contributed by atoms with Gasteiger partial charge < -0.3 is 5.32 Å². The van der Waals surface area contributed by atoms with E-state index in [4.69, 9.17) is 0 Å². The number of carbonyl (C=O) groups is 1. The normalized spacial score (nSPS) is 10.9. The number of para-hydroxylation sites is 1. The summed E-state index contributed by atoms with van der Waals surface area (Å²) >= 11 is 0. The number of amides is 1. The van der Waals surface area contributed by atoms with Crippen LogP contribution in [0, 0.1) is 11.6 Å². The number of rotatable bonds is 4. The number of benzene rings is 2. The molecule has 4 aromatic rings. The SMILES string of the molecule is O=C(Cn1cnc2c(cnn2-c2ccccc2)c1=O)Nc1cc(F)cc(F)c1. The van der Waals surface area contributed by atoms with E-state index in [1.165, 1.54) is 17.2 Å². The van der Waals surface area contributed by atoms with Crippen molar-refractivity contribution in [1.82, 2.24) is 19.3 Å². The van der Waals surface area contributed by atoms with E-state index < -0.39 is 23.1 Å². The number of nitrogens with one attached hydrogen (secondary N) is 1. The molecular formula is C19H13F2N5O2. The van der Waals surface area contributed by atoms with Gasteiger partial charge in [0.2, 0.25) is 5.91 Å². The largest absolute Gasteiger partial charge is 0.324 e. The maximum absolute atomic E-state index is 13.2. The number of hydrogen-bond acceptors (Lipinski definition) is 4. The lowest BCUT2D eigenvalue weighted by Gasteiger charge is -2.08. The van der Waals surface area contributed by atoms with Gasteiger partial charge in [-0.15, -0.1) is 0 Å². The van der Waals surface area contributed by atoms with Gasteiger partial charge in [-0.25, -0.2) is 18.4 Å². The van der Waals surface area contributed by atoms with Crippen LogP contribution in [0.4, 0.5) is 14.5 Å². The minimum atomic E-state index is -0.816. The lowest BCUT2D eigenvalue weighted by atomic mass is 10.3. The van der Waals surface area contributed by atoms with Crippen molar-refractivity contribution in [2.24, 2.45) is 0 Å². The van der Waals surface area contributed by atoms with E-state index >= 15 is 0 Å². The van der Waals surface area contributed by atoms with Crippen molar-refractivity contribution in [3.63, 3.8) is 0 Å². The van der Waals surface area contributed by atoms with Crippen LogP contribution in [0.1, 0.15) is 0 Å². The second kappa shape index (κ2) is 7.03. The summed E-state index contributed by atoms with van der Waals surface area (Å²) in [5, 5.41) is 6.79. The molecule has 0 radical (unpaired) electrons. The Kier molecular flexibility index (Phi) is 4.40. The van der Waals surface area contributed by atoms with Crippen LogP contribution in [-0.2, 0) is 11.3 Å². The topological polar surface area (TPSA) is 81.8 Å². The van der Waals surface area contributed by atoms with Gasteiger partial charge >= 0.3 is 0 Å². The third-order valence-electron chi connectivity index (χ3n) is 4.02. The predicted molar refractivity (Wildman–Crippen MR) is 98.1 cm³/mol. The Hall–Kier alpha value is -3.88. The van der Waals surface area contributed by atoms with Gasteiger partial charge in [-0.1, -0.05) is 18.2 Å². The monoisotopic (exact) mass is 381 g/mol. The summed E-state index contributed by atoms with van der Waals surface area (Å²) in [5.74, 6) is -2.25. The third kappa shape index (κ3) is 3.37. The van der Waals surface area contributed by atoms with Crippen molar-refractivity contribution in [3.05, 3.63) is 83.0 Å². The summed E-state index contributed by atoms with van der Waals surface area (Å²) in [5.41, 5.74) is 0.613. The Morgan fingerprint density at radius 2 is 1.79 bits per heavy atom. The van der Waals surface area contributed by atoms with Crippen LogP contribution in [0.5, 0.6) is 0 Å². The minimum absolute atomic E-state index is 0.0403. The highest BCUT2D eigenvalue weighted by atomic mass is 19.1. The fraction of sp³-hybridized carbons (Fsp3) is 0.0526. The Labute approximate surface area is 156 Å². The molecule has 0 aliphatic carbocycles. The quantitative estimate of drug-likeness (QED) is 0.589. The van der Waals surface area contributed by atoms with Crippen molar-refractivity contribution in [2.75, 3.05) is 5.32 Å². The molecule has 2 heterocycles. The molecule has 0 spiro atoms. The van der Waals surface area contributed by atoms with Crippen LogP contribution < -0.4 is 10.9 Å². The van der Waals surface area contributed by atoms with Crippen molar-refractivity contribution in [2.45, 2.75) is 6.54 Å². The number of fused-ring (bicyclic) bond motifs is 1. The van der Waals surface area contributed by atoms with Crippen LogP contribution in [0.2, 0.25) is 0 Å². The van der Waals surface area contributed by atoms with E-state index in [9.17, 15) is 18.4 Å². The molecule has 9 heteroatoms. The number of nitrogens with zero attached hydrogens (tertiary/aromatic N) is 4. The first kappa shape index (κ1) is 17.5. The lowest BCUT2D eigenvalue weighted by molar-refractivity contribution is -0.116.